The molecule has 1 unspecified atom stereocenters. The molecule has 1 heterocycles. The standard InChI is InChI=1S/C15H19N3O/c1-12(17-11-13-6-3-2-4-7-13)15(19)18-9-5-8-14(18)10-16/h2-4,6-7,12,14,17H,5,8-9,11H2,1H3/t12?,14-/m0/s1. The van der Waals surface area contributed by atoms with Crippen LogP contribution in [0, 0.1) is 11.3 Å². The molecule has 2 atom stereocenters. The van der Waals surface area contributed by atoms with Crippen molar-refractivity contribution in [2.75, 3.05) is 6.54 Å². The summed E-state index contributed by atoms with van der Waals surface area (Å²) in [5.41, 5.74) is 1.15. The van der Waals surface area contributed by atoms with Crippen molar-refractivity contribution < 1.29 is 4.79 Å². The predicted octanol–water partition coefficient (Wildman–Crippen LogP) is 1.68. The first-order chi connectivity index (χ1) is 9.22. The number of likely N-dealkylation sites (tertiary alicyclic amines) is 1. The second-order valence-electron chi connectivity index (χ2n) is 4.91. The fourth-order valence-corrected chi connectivity index (χ4v) is 2.37. The molecule has 1 fully saturated rings. The van der Waals surface area contributed by atoms with Crippen LogP contribution in [0.1, 0.15) is 25.3 Å². The second kappa shape index (κ2) is 6.35. The molecule has 0 saturated carbocycles. The van der Waals surface area contributed by atoms with Gasteiger partial charge in [-0.25, -0.2) is 0 Å². The fourth-order valence-electron chi connectivity index (χ4n) is 2.37. The molecule has 1 saturated heterocycles. The van der Waals surface area contributed by atoms with Crippen LogP contribution >= 0.6 is 0 Å². The first-order valence-corrected chi connectivity index (χ1v) is 6.70. The van der Waals surface area contributed by atoms with E-state index >= 15 is 0 Å². The third-order valence-corrected chi connectivity index (χ3v) is 3.51. The highest BCUT2D eigenvalue weighted by molar-refractivity contribution is 5.82. The molecule has 100 valence electrons. The topological polar surface area (TPSA) is 56.1 Å². The normalized spacial score (nSPS) is 20.0. The average molecular weight is 257 g/mol. The molecule has 1 amide bonds. The Hall–Kier alpha value is -1.86. The van der Waals surface area contributed by atoms with E-state index in [4.69, 9.17) is 5.26 Å². The molecule has 0 radical (unpaired) electrons. The van der Waals surface area contributed by atoms with Crippen molar-refractivity contribution in [3.05, 3.63) is 35.9 Å². The Kier molecular flexibility index (Phi) is 4.53. The minimum Gasteiger partial charge on any atom is -0.325 e. The highest BCUT2D eigenvalue weighted by atomic mass is 16.2. The quantitative estimate of drug-likeness (QED) is 0.893. The Labute approximate surface area is 114 Å². The number of carbonyl (C=O) groups is 1. The van der Waals surface area contributed by atoms with Gasteiger partial charge in [-0.15, -0.1) is 0 Å². The Morgan fingerprint density at radius 2 is 2.26 bits per heavy atom. The van der Waals surface area contributed by atoms with Crippen LogP contribution < -0.4 is 5.32 Å². The van der Waals surface area contributed by atoms with Gasteiger partial charge in [0, 0.05) is 13.1 Å². The molecule has 1 aromatic carbocycles. The van der Waals surface area contributed by atoms with E-state index in [-0.39, 0.29) is 18.0 Å². The van der Waals surface area contributed by atoms with E-state index in [2.05, 4.69) is 11.4 Å². The summed E-state index contributed by atoms with van der Waals surface area (Å²) in [6.45, 7) is 3.23. The molecule has 0 aromatic heterocycles. The zero-order valence-electron chi connectivity index (χ0n) is 11.2. The van der Waals surface area contributed by atoms with E-state index in [1.54, 1.807) is 4.90 Å². The number of nitrogens with one attached hydrogen (secondary N) is 1. The van der Waals surface area contributed by atoms with E-state index in [0.717, 1.165) is 18.4 Å². The monoisotopic (exact) mass is 257 g/mol. The Morgan fingerprint density at radius 1 is 1.53 bits per heavy atom. The lowest BCUT2D eigenvalue weighted by Gasteiger charge is -2.24. The molecule has 1 N–H and O–H groups in total. The van der Waals surface area contributed by atoms with Crippen molar-refractivity contribution in [3.8, 4) is 6.07 Å². The molecule has 4 nitrogen and oxygen atoms in total. The van der Waals surface area contributed by atoms with Gasteiger partial charge in [-0.2, -0.15) is 5.26 Å². The van der Waals surface area contributed by atoms with Crippen LogP contribution in [0.25, 0.3) is 0 Å². The molecule has 1 aromatic rings. The summed E-state index contributed by atoms with van der Waals surface area (Å²) < 4.78 is 0. The largest absolute Gasteiger partial charge is 0.325 e. The van der Waals surface area contributed by atoms with E-state index in [1.165, 1.54) is 0 Å². The van der Waals surface area contributed by atoms with Gasteiger partial charge in [-0.3, -0.25) is 4.79 Å². The van der Waals surface area contributed by atoms with Gasteiger partial charge in [0.15, 0.2) is 0 Å². The van der Waals surface area contributed by atoms with Crippen molar-refractivity contribution in [2.24, 2.45) is 0 Å². The summed E-state index contributed by atoms with van der Waals surface area (Å²) in [6, 6.07) is 11.7. The van der Waals surface area contributed by atoms with Gasteiger partial charge in [0.1, 0.15) is 6.04 Å². The number of hydrogen-bond acceptors (Lipinski definition) is 3. The number of amides is 1. The minimum atomic E-state index is -0.255. The summed E-state index contributed by atoms with van der Waals surface area (Å²) in [4.78, 5) is 13.9. The van der Waals surface area contributed by atoms with Crippen molar-refractivity contribution in [3.63, 3.8) is 0 Å². The molecule has 19 heavy (non-hydrogen) atoms. The van der Waals surface area contributed by atoms with Crippen molar-refractivity contribution in [2.45, 2.75) is 38.4 Å². The van der Waals surface area contributed by atoms with E-state index in [9.17, 15) is 4.79 Å². The molecule has 1 aliphatic rings. The van der Waals surface area contributed by atoms with Crippen LogP contribution in [0.2, 0.25) is 0 Å². The number of rotatable bonds is 4. The summed E-state index contributed by atoms with van der Waals surface area (Å²) in [6.07, 6.45) is 1.73. The average Bonchev–Trinajstić information content (AvgIpc) is 2.93. The van der Waals surface area contributed by atoms with Crippen LogP contribution in [0.15, 0.2) is 30.3 Å². The summed E-state index contributed by atoms with van der Waals surface area (Å²) in [7, 11) is 0. The molecular formula is C15H19N3O. The fraction of sp³-hybridized carbons (Fsp3) is 0.467. The van der Waals surface area contributed by atoms with Gasteiger partial charge >= 0.3 is 0 Å². The SMILES string of the molecule is CC(NCc1ccccc1)C(=O)N1CCC[C@H]1C#N. The predicted molar refractivity (Wildman–Crippen MR) is 73.1 cm³/mol. The van der Waals surface area contributed by atoms with Crippen LogP contribution in [0.4, 0.5) is 0 Å². The van der Waals surface area contributed by atoms with Gasteiger partial charge in [0.25, 0.3) is 0 Å². The highest BCUT2D eigenvalue weighted by Gasteiger charge is 2.30. The third-order valence-electron chi connectivity index (χ3n) is 3.51. The van der Waals surface area contributed by atoms with E-state index < -0.39 is 0 Å². The molecule has 4 heteroatoms. The zero-order valence-corrected chi connectivity index (χ0v) is 11.2. The number of carbonyl (C=O) groups excluding carboxylic acids is 1. The Bertz CT molecular complexity index is 466. The molecule has 0 spiro atoms. The van der Waals surface area contributed by atoms with Crippen LogP contribution in [0.5, 0.6) is 0 Å². The maximum Gasteiger partial charge on any atom is 0.240 e. The zero-order chi connectivity index (χ0) is 13.7. The van der Waals surface area contributed by atoms with Gasteiger partial charge in [-0.05, 0) is 25.3 Å². The lowest BCUT2D eigenvalue weighted by atomic mass is 10.2. The highest BCUT2D eigenvalue weighted by Crippen LogP contribution is 2.17. The summed E-state index contributed by atoms with van der Waals surface area (Å²) in [5.74, 6) is 0.0278. The first kappa shape index (κ1) is 13.6. The maximum atomic E-state index is 12.2. The lowest BCUT2D eigenvalue weighted by Crippen LogP contribution is -2.46. The van der Waals surface area contributed by atoms with Crippen molar-refractivity contribution >= 4 is 5.91 Å². The van der Waals surface area contributed by atoms with E-state index in [0.29, 0.717) is 13.1 Å². The number of benzene rings is 1. The third kappa shape index (κ3) is 3.33. The Balaban J connectivity index is 1.88. The molecule has 0 bridgehead atoms. The number of nitriles is 1. The second-order valence-corrected chi connectivity index (χ2v) is 4.91. The first-order valence-electron chi connectivity index (χ1n) is 6.70. The smallest absolute Gasteiger partial charge is 0.240 e. The molecule has 1 aliphatic heterocycles. The lowest BCUT2D eigenvalue weighted by molar-refractivity contribution is -0.133. The van der Waals surface area contributed by atoms with Crippen molar-refractivity contribution in [1.82, 2.24) is 10.2 Å². The van der Waals surface area contributed by atoms with E-state index in [1.807, 2.05) is 37.3 Å². The minimum absolute atomic E-state index is 0.0278. The summed E-state index contributed by atoms with van der Waals surface area (Å²) in [5, 5.41) is 12.2. The number of nitrogens with zero attached hydrogens (tertiary/aromatic N) is 2. The molecule has 2 rings (SSSR count). The van der Waals surface area contributed by atoms with Crippen LogP contribution in [-0.4, -0.2) is 29.4 Å². The molecule has 0 aliphatic carbocycles. The Morgan fingerprint density at radius 3 is 2.95 bits per heavy atom. The summed E-state index contributed by atoms with van der Waals surface area (Å²) >= 11 is 0. The van der Waals surface area contributed by atoms with Gasteiger partial charge < -0.3 is 10.2 Å². The van der Waals surface area contributed by atoms with Gasteiger partial charge in [0.2, 0.25) is 5.91 Å². The number of hydrogen-bond donors (Lipinski definition) is 1. The maximum absolute atomic E-state index is 12.2. The molecular weight excluding hydrogens is 238 g/mol. The van der Waals surface area contributed by atoms with Crippen molar-refractivity contribution in [1.29, 1.82) is 5.26 Å². The van der Waals surface area contributed by atoms with Gasteiger partial charge in [0.05, 0.1) is 12.1 Å². The van der Waals surface area contributed by atoms with Crippen LogP contribution in [0.3, 0.4) is 0 Å². The van der Waals surface area contributed by atoms with Crippen LogP contribution in [-0.2, 0) is 11.3 Å². The van der Waals surface area contributed by atoms with Gasteiger partial charge in [-0.1, -0.05) is 30.3 Å².